The number of pyridine rings is 1. The molecule has 0 aliphatic carbocycles. The van der Waals surface area contributed by atoms with Gasteiger partial charge < -0.3 is 14.4 Å². The third-order valence-electron chi connectivity index (χ3n) is 3.28. The van der Waals surface area contributed by atoms with Crippen LogP contribution in [0.4, 0.5) is 0 Å². The number of hydrogen-bond donors (Lipinski definition) is 0. The van der Waals surface area contributed by atoms with E-state index in [1.165, 1.54) is 0 Å². The zero-order valence-electron chi connectivity index (χ0n) is 13.4. The summed E-state index contributed by atoms with van der Waals surface area (Å²) in [5.74, 6) is 0.846. The van der Waals surface area contributed by atoms with Crippen molar-refractivity contribution in [3.8, 4) is 11.6 Å². The van der Waals surface area contributed by atoms with Crippen molar-refractivity contribution in [2.75, 3.05) is 20.8 Å². The molecule has 2 aromatic rings. The molecule has 1 amide bonds. The van der Waals surface area contributed by atoms with Crippen molar-refractivity contribution in [3.05, 3.63) is 52.7 Å². The van der Waals surface area contributed by atoms with Gasteiger partial charge in [0, 0.05) is 30.4 Å². The molecule has 0 aliphatic rings. The molecule has 0 spiro atoms. The molecule has 1 heterocycles. The molecule has 0 radical (unpaired) electrons. The summed E-state index contributed by atoms with van der Waals surface area (Å²) in [5, 5.41) is 0.595. The number of halogens is 1. The van der Waals surface area contributed by atoms with Crippen molar-refractivity contribution in [1.82, 2.24) is 9.88 Å². The van der Waals surface area contributed by atoms with Crippen LogP contribution in [0.1, 0.15) is 22.8 Å². The summed E-state index contributed by atoms with van der Waals surface area (Å²) in [6, 6.07) is 8.73. The van der Waals surface area contributed by atoms with Gasteiger partial charge in [0.1, 0.15) is 11.3 Å². The maximum Gasteiger partial charge on any atom is 0.259 e. The van der Waals surface area contributed by atoms with Gasteiger partial charge in [0.15, 0.2) is 0 Å². The van der Waals surface area contributed by atoms with E-state index in [1.807, 2.05) is 6.92 Å². The molecule has 2 rings (SSSR count). The van der Waals surface area contributed by atoms with Crippen LogP contribution in [0.25, 0.3) is 0 Å². The number of ether oxygens (including phenoxy) is 2. The highest BCUT2D eigenvalue weighted by Gasteiger charge is 2.19. The lowest BCUT2D eigenvalue weighted by molar-refractivity contribution is 0.0779. The quantitative estimate of drug-likeness (QED) is 0.812. The molecular weight excluding hydrogens is 316 g/mol. The fourth-order valence-corrected chi connectivity index (χ4v) is 2.40. The van der Waals surface area contributed by atoms with E-state index in [1.54, 1.807) is 55.6 Å². The molecule has 0 bridgehead atoms. The Hall–Kier alpha value is -2.27. The summed E-state index contributed by atoms with van der Waals surface area (Å²) >= 11 is 6.03. The number of methoxy groups -OCH3 is 1. The zero-order chi connectivity index (χ0) is 16.8. The third-order valence-corrected chi connectivity index (χ3v) is 3.51. The first kappa shape index (κ1) is 17.1. The topological polar surface area (TPSA) is 51.7 Å². The Bertz CT molecular complexity index is 691. The van der Waals surface area contributed by atoms with Crippen LogP contribution in [-0.4, -0.2) is 36.6 Å². The third kappa shape index (κ3) is 4.13. The highest BCUT2D eigenvalue weighted by atomic mass is 35.5. The van der Waals surface area contributed by atoms with E-state index >= 15 is 0 Å². The Balaban J connectivity index is 2.23. The van der Waals surface area contributed by atoms with Crippen LogP contribution < -0.4 is 9.47 Å². The lowest BCUT2D eigenvalue weighted by Gasteiger charge is -2.20. The van der Waals surface area contributed by atoms with Crippen molar-refractivity contribution < 1.29 is 14.3 Å². The van der Waals surface area contributed by atoms with Gasteiger partial charge in [-0.15, -0.1) is 0 Å². The number of hydrogen-bond acceptors (Lipinski definition) is 4. The largest absolute Gasteiger partial charge is 0.496 e. The molecule has 0 saturated carbocycles. The smallest absolute Gasteiger partial charge is 0.259 e. The number of nitrogens with zero attached hydrogens (tertiary/aromatic N) is 2. The summed E-state index contributed by atoms with van der Waals surface area (Å²) in [4.78, 5) is 18.3. The van der Waals surface area contributed by atoms with E-state index in [2.05, 4.69) is 4.98 Å². The van der Waals surface area contributed by atoms with Gasteiger partial charge in [-0.25, -0.2) is 4.98 Å². The van der Waals surface area contributed by atoms with Gasteiger partial charge in [0.25, 0.3) is 5.91 Å². The number of carbonyl (C=O) groups excluding carboxylic acids is 1. The molecule has 5 nitrogen and oxygen atoms in total. The SMILES string of the molecule is CCOc1ncccc1C(=O)N(C)Cc1cc(Cl)ccc1OC. The van der Waals surface area contributed by atoms with Crippen LogP contribution in [0.2, 0.25) is 5.02 Å². The van der Waals surface area contributed by atoms with Crippen LogP contribution in [-0.2, 0) is 6.54 Å². The molecule has 0 aliphatic heterocycles. The normalized spacial score (nSPS) is 10.3. The average molecular weight is 335 g/mol. The maximum atomic E-state index is 12.7. The van der Waals surface area contributed by atoms with Crippen molar-refractivity contribution >= 4 is 17.5 Å². The zero-order valence-corrected chi connectivity index (χ0v) is 14.1. The summed E-state index contributed by atoms with van der Waals surface area (Å²) in [6.07, 6.45) is 1.60. The van der Waals surface area contributed by atoms with Crippen molar-refractivity contribution in [2.45, 2.75) is 13.5 Å². The van der Waals surface area contributed by atoms with Crippen LogP contribution in [0.3, 0.4) is 0 Å². The van der Waals surface area contributed by atoms with Gasteiger partial charge in [-0.2, -0.15) is 0 Å². The first-order valence-electron chi connectivity index (χ1n) is 7.22. The molecule has 0 unspecified atom stereocenters. The van der Waals surface area contributed by atoms with E-state index in [-0.39, 0.29) is 5.91 Å². The fourth-order valence-electron chi connectivity index (χ4n) is 2.21. The predicted octanol–water partition coefficient (Wildman–Crippen LogP) is 3.41. The highest BCUT2D eigenvalue weighted by molar-refractivity contribution is 6.30. The van der Waals surface area contributed by atoms with Gasteiger partial charge in [-0.1, -0.05) is 11.6 Å². The second-order valence-corrected chi connectivity index (χ2v) is 5.34. The minimum atomic E-state index is -0.177. The lowest BCUT2D eigenvalue weighted by atomic mass is 10.1. The minimum Gasteiger partial charge on any atom is -0.496 e. The van der Waals surface area contributed by atoms with Crippen LogP contribution in [0.5, 0.6) is 11.6 Å². The lowest BCUT2D eigenvalue weighted by Crippen LogP contribution is -2.27. The van der Waals surface area contributed by atoms with Crippen molar-refractivity contribution in [2.24, 2.45) is 0 Å². The predicted molar refractivity (Wildman–Crippen MR) is 89.2 cm³/mol. The monoisotopic (exact) mass is 334 g/mol. The molecule has 0 atom stereocenters. The van der Waals surface area contributed by atoms with Gasteiger partial charge >= 0.3 is 0 Å². The molecule has 0 fully saturated rings. The molecule has 6 heteroatoms. The Morgan fingerprint density at radius 3 is 2.83 bits per heavy atom. The Morgan fingerprint density at radius 1 is 1.35 bits per heavy atom. The first-order chi connectivity index (χ1) is 11.1. The Kier molecular flexibility index (Phi) is 5.82. The van der Waals surface area contributed by atoms with Gasteiger partial charge in [0.05, 0.1) is 13.7 Å². The van der Waals surface area contributed by atoms with Crippen molar-refractivity contribution in [3.63, 3.8) is 0 Å². The molecular formula is C17H19ClN2O3. The highest BCUT2D eigenvalue weighted by Crippen LogP contribution is 2.25. The number of rotatable bonds is 6. The summed E-state index contributed by atoms with van der Waals surface area (Å²) in [5.41, 5.74) is 1.26. The number of amides is 1. The number of benzene rings is 1. The van der Waals surface area contributed by atoms with Gasteiger partial charge in [0.2, 0.25) is 5.88 Å². The average Bonchev–Trinajstić information content (AvgIpc) is 2.55. The Morgan fingerprint density at radius 2 is 2.13 bits per heavy atom. The summed E-state index contributed by atoms with van der Waals surface area (Å²) in [7, 11) is 3.30. The van der Waals surface area contributed by atoms with E-state index in [0.29, 0.717) is 35.4 Å². The second kappa shape index (κ2) is 7.83. The summed E-state index contributed by atoms with van der Waals surface area (Å²) < 4.78 is 10.7. The van der Waals surface area contributed by atoms with E-state index in [0.717, 1.165) is 5.56 Å². The van der Waals surface area contributed by atoms with Gasteiger partial charge in [-0.05, 0) is 37.3 Å². The number of aromatic nitrogens is 1. The standard InChI is InChI=1S/C17H19ClN2O3/c1-4-23-16-14(6-5-9-19-16)17(21)20(2)11-12-10-13(18)7-8-15(12)22-3/h5-10H,4,11H2,1-3H3. The van der Waals surface area contributed by atoms with E-state index in [4.69, 9.17) is 21.1 Å². The van der Waals surface area contributed by atoms with Gasteiger partial charge in [-0.3, -0.25) is 4.79 Å². The maximum absolute atomic E-state index is 12.7. The fraction of sp³-hybridized carbons (Fsp3) is 0.294. The first-order valence-corrected chi connectivity index (χ1v) is 7.60. The van der Waals surface area contributed by atoms with E-state index in [9.17, 15) is 4.79 Å². The second-order valence-electron chi connectivity index (χ2n) is 4.91. The van der Waals surface area contributed by atoms with E-state index < -0.39 is 0 Å². The molecule has 1 aromatic heterocycles. The molecule has 1 aromatic carbocycles. The summed E-state index contributed by atoms with van der Waals surface area (Å²) in [6.45, 7) is 2.66. The number of carbonyl (C=O) groups is 1. The van der Waals surface area contributed by atoms with Crippen LogP contribution in [0.15, 0.2) is 36.5 Å². The van der Waals surface area contributed by atoms with Crippen molar-refractivity contribution in [1.29, 1.82) is 0 Å². The van der Waals surface area contributed by atoms with Crippen LogP contribution >= 0.6 is 11.6 Å². The molecule has 122 valence electrons. The molecule has 0 N–H and O–H groups in total. The molecule has 23 heavy (non-hydrogen) atoms. The molecule has 0 saturated heterocycles. The minimum absolute atomic E-state index is 0.177. The Labute approximate surface area is 140 Å². The van der Waals surface area contributed by atoms with Crippen LogP contribution in [0, 0.1) is 0 Å².